The summed E-state index contributed by atoms with van der Waals surface area (Å²) < 4.78 is 0. The molecule has 1 unspecified atom stereocenters. The third-order valence-electron chi connectivity index (χ3n) is 4.91. The molecule has 0 spiro atoms. The zero-order chi connectivity index (χ0) is 19.0. The predicted molar refractivity (Wildman–Crippen MR) is 117 cm³/mol. The molecule has 1 atom stereocenters. The second-order valence-corrected chi connectivity index (χ2v) is 6.17. The van der Waals surface area contributed by atoms with Crippen LogP contribution in [-0.2, 0) is 5.41 Å². The van der Waals surface area contributed by atoms with Crippen molar-refractivity contribution < 1.29 is 0 Å². The first-order valence-electron chi connectivity index (χ1n) is 9.68. The van der Waals surface area contributed by atoms with E-state index in [2.05, 4.69) is 80.9 Å². The standard InChI is InChI=1S/C20H23N.2C2H6/c1-5-20(3,6-2)17-11-7-9-15-12-13-16-10-8-14-21(4)19(16)18(15)17;2*1-2/h5,7-13H,1,6,14H2,2-4H3;2*1-2H3. The van der Waals surface area contributed by atoms with Gasteiger partial charge in [-0.15, -0.1) is 6.58 Å². The summed E-state index contributed by atoms with van der Waals surface area (Å²) in [5.74, 6) is 0. The molecule has 0 radical (unpaired) electrons. The van der Waals surface area contributed by atoms with E-state index in [4.69, 9.17) is 0 Å². The fraction of sp³-hybridized carbons (Fsp3) is 0.417. The van der Waals surface area contributed by atoms with Gasteiger partial charge in [0.2, 0.25) is 0 Å². The van der Waals surface area contributed by atoms with Crippen LogP contribution in [0.1, 0.15) is 59.1 Å². The summed E-state index contributed by atoms with van der Waals surface area (Å²) in [7, 11) is 2.18. The summed E-state index contributed by atoms with van der Waals surface area (Å²) >= 11 is 0. The highest BCUT2D eigenvalue weighted by atomic mass is 15.1. The van der Waals surface area contributed by atoms with Crippen LogP contribution >= 0.6 is 0 Å². The van der Waals surface area contributed by atoms with Gasteiger partial charge in [0.25, 0.3) is 0 Å². The Bertz CT molecular complexity index is 726. The van der Waals surface area contributed by atoms with Gasteiger partial charge >= 0.3 is 0 Å². The van der Waals surface area contributed by atoms with E-state index in [-0.39, 0.29) is 5.41 Å². The molecule has 0 saturated carbocycles. The van der Waals surface area contributed by atoms with Crippen LogP contribution in [0.25, 0.3) is 16.8 Å². The second kappa shape index (κ2) is 9.46. The molecule has 3 rings (SSSR count). The molecule has 1 aliphatic rings. The monoisotopic (exact) mass is 337 g/mol. The summed E-state index contributed by atoms with van der Waals surface area (Å²) in [6.45, 7) is 17.6. The number of benzene rings is 2. The Morgan fingerprint density at radius 2 is 1.80 bits per heavy atom. The first-order valence-corrected chi connectivity index (χ1v) is 9.68. The van der Waals surface area contributed by atoms with E-state index in [1.165, 1.54) is 27.6 Å². The lowest BCUT2D eigenvalue weighted by Gasteiger charge is -2.31. The molecule has 0 amide bonds. The lowest BCUT2D eigenvalue weighted by atomic mass is 9.77. The fourth-order valence-electron chi connectivity index (χ4n) is 3.27. The fourth-order valence-corrected chi connectivity index (χ4v) is 3.27. The molecule has 1 aliphatic heterocycles. The summed E-state index contributed by atoms with van der Waals surface area (Å²) in [6, 6.07) is 11.1. The van der Waals surface area contributed by atoms with Crippen LogP contribution in [0.4, 0.5) is 5.69 Å². The van der Waals surface area contributed by atoms with Crippen LogP contribution in [0, 0.1) is 0 Å². The van der Waals surface area contributed by atoms with E-state index < -0.39 is 0 Å². The summed E-state index contributed by atoms with van der Waals surface area (Å²) in [6.07, 6.45) is 7.62. The SMILES string of the molecule is C=CC(C)(CC)c1cccc2ccc3c(c12)N(C)CC=C3.CC.CC. The van der Waals surface area contributed by atoms with Gasteiger partial charge in [-0.2, -0.15) is 0 Å². The zero-order valence-corrected chi connectivity index (χ0v) is 17.2. The molecular weight excluding hydrogens is 302 g/mol. The van der Waals surface area contributed by atoms with Crippen LogP contribution in [-0.4, -0.2) is 13.6 Å². The number of fused-ring (bicyclic) bond motifs is 3. The molecule has 0 saturated heterocycles. The first kappa shape index (κ1) is 21.0. The van der Waals surface area contributed by atoms with Gasteiger partial charge in [-0.05, 0) is 22.9 Å². The van der Waals surface area contributed by atoms with Gasteiger partial charge in [0.05, 0.1) is 5.69 Å². The number of nitrogens with zero attached hydrogens (tertiary/aromatic N) is 1. The van der Waals surface area contributed by atoms with Crippen molar-refractivity contribution in [2.24, 2.45) is 0 Å². The van der Waals surface area contributed by atoms with Gasteiger partial charge in [-0.25, -0.2) is 0 Å². The third kappa shape index (κ3) is 3.98. The van der Waals surface area contributed by atoms with Gasteiger partial charge in [0, 0.05) is 24.4 Å². The molecule has 0 bridgehead atoms. The van der Waals surface area contributed by atoms with Crippen LogP contribution in [0.2, 0.25) is 0 Å². The molecular formula is C24H35N. The second-order valence-electron chi connectivity index (χ2n) is 6.17. The first-order chi connectivity index (χ1) is 12.1. The van der Waals surface area contributed by atoms with Gasteiger partial charge < -0.3 is 4.90 Å². The highest BCUT2D eigenvalue weighted by Gasteiger charge is 2.25. The van der Waals surface area contributed by atoms with E-state index in [1.807, 2.05) is 27.7 Å². The van der Waals surface area contributed by atoms with Crippen LogP contribution in [0.5, 0.6) is 0 Å². The van der Waals surface area contributed by atoms with Crippen LogP contribution in [0.3, 0.4) is 0 Å². The Kier molecular flexibility index (Phi) is 7.96. The number of anilines is 1. The predicted octanol–water partition coefficient (Wildman–Crippen LogP) is 7.21. The summed E-state index contributed by atoms with van der Waals surface area (Å²) in [4.78, 5) is 2.35. The summed E-state index contributed by atoms with van der Waals surface area (Å²) in [5, 5.41) is 2.70. The van der Waals surface area contributed by atoms with Crippen molar-refractivity contribution in [1.82, 2.24) is 0 Å². The van der Waals surface area contributed by atoms with Gasteiger partial charge in [-0.1, -0.05) is 90.1 Å². The highest BCUT2D eigenvalue weighted by molar-refractivity contribution is 6.02. The largest absolute Gasteiger partial charge is 0.370 e. The van der Waals surface area contributed by atoms with Crippen molar-refractivity contribution in [3.05, 3.63) is 60.2 Å². The van der Waals surface area contributed by atoms with Gasteiger partial charge in [0.15, 0.2) is 0 Å². The van der Waals surface area contributed by atoms with E-state index in [0.717, 1.165) is 13.0 Å². The minimum atomic E-state index is 0.0106. The Morgan fingerprint density at radius 1 is 1.12 bits per heavy atom. The molecule has 0 aromatic heterocycles. The van der Waals surface area contributed by atoms with Crippen molar-refractivity contribution >= 4 is 22.5 Å². The van der Waals surface area contributed by atoms with Crippen LogP contribution in [0.15, 0.2) is 49.1 Å². The van der Waals surface area contributed by atoms with Crippen molar-refractivity contribution in [3.8, 4) is 0 Å². The van der Waals surface area contributed by atoms with E-state index in [9.17, 15) is 0 Å². The number of hydrogen-bond acceptors (Lipinski definition) is 1. The van der Waals surface area contributed by atoms with E-state index in [1.54, 1.807) is 0 Å². The smallest absolute Gasteiger partial charge is 0.0522 e. The number of rotatable bonds is 3. The lowest BCUT2D eigenvalue weighted by molar-refractivity contribution is 0.579. The average Bonchev–Trinajstić information content (AvgIpc) is 2.70. The Morgan fingerprint density at radius 3 is 2.40 bits per heavy atom. The van der Waals surface area contributed by atoms with Crippen molar-refractivity contribution in [2.75, 3.05) is 18.5 Å². The number of likely N-dealkylation sites (N-methyl/N-ethyl adjacent to an activating group) is 1. The molecule has 1 heteroatoms. The maximum Gasteiger partial charge on any atom is 0.0522 e. The normalized spacial score (nSPS) is 14.4. The Balaban J connectivity index is 0.000000730. The van der Waals surface area contributed by atoms with Gasteiger partial charge in [-0.3, -0.25) is 0 Å². The maximum atomic E-state index is 4.09. The molecule has 25 heavy (non-hydrogen) atoms. The molecule has 0 N–H and O–H groups in total. The molecule has 2 aromatic rings. The average molecular weight is 338 g/mol. The van der Waals surface area contributed by atoms with E-state index >= 15 is 0 Å². The van der Waals surface area contributed by atoms with Crippen molar-refractivity contribution in [1.29, 1.82) is 0 Å². The molecule has 0 aliphatic carbocycles. The topological polar surface area (TPSA) is 3.24 Å². The number of allylic oxidation sites excluding steroid dienone is 1. The molecule has 0 fully saturated rings. The minimum Gasteiger partial charge on any atom is -0.370 e. The van der Waals surface area contributed by atoms with Crippen LogP contribution < -0.4 is 4.90 Å². The van der Waals surface area contributed by atoms with Crippen molar-refractivity contribution in [2.45, 2.75) is 53.4 Å². The van der Waals surface area contributed by atoms with E-state index in [0.29, 0.717) is 0 Å². The number of hydrogen-bond donors (Lipinski definition) is 0. The Labute approximate surface area is 155 Å². The third-order valence-corrected chi connectivity index (χ3v) is 4.91. The highest BCUT2D eigenvalue weighted by Crippen LogP contribution is 2.41. The van der Waals surface area contributed by atoms with Gasteiger partial charge in [0.1, 0.15) is 0 Å². The lowest BCUT2D eigenvalue weighted by Crippen LogP contribution is -2.23. The Hall–Kier alpha value is -2.02. The quantitative estimate of drug-likeness (QED) is 0.535. The maximum absolute atomic E-state index is 4.09. The summed E-state index contributed by atoms with van der Waals surface area (Å²) in [5.41, 5.74) is 4.06. The molecule has 136 valence electrons. The minimum absolute atomic E-state index is 0.0106. The van der Waals surface area contributed by atoms with Crippen molar-refractivity contribution in [3.63, 3.8) is 0 Å². The zero-order valence-electron chi connectivity index (χ0n) is 17.2. The molecule has 1 nitrogen and oxygen atoms in total. The molecule has 2 aromatic carbocycles. The molecule has 1 heterocycles.